The van der Waals surface area contributed by atoms with Gasteiger partial charge in [-0.2, -0.15) is 5.10 Å². The summed E-state index contributed by atoms with van der Waals surface area (Å²) >= 11 is 12.1. The van der Waals surface area contributed by atoms with Gasteiger partial charge in [-0.05, 0) is 37.1 Å². The molecule has 1 unspecified atom stereocenters. The van der Waals surface area contributed by atoms with Gasteiger partial charge in [0.2, 0.25) is 0 Å². The van der Waals surface area contributed by atoms with Crippen molar-refractivity contribution in [2.24, 2.45) is 5.73 Å². The van der Waals surface area contributed by atoms with Gasteiger partial charge in [-0.3, -0.25) is 4.68 Å². The molecule has 2 heterocycles. The number of hydrogen-bond acceptors (Lipinski definition) is 3. The number of aromatic nitrogens is 2. The van der Waals surface area contributed by atoms with Crippen LogP contribution < -0.4 is 5.73 Å². The van der Waals surface area contributed by atoms with Crippen molar-refractivity contribution in [3.8, 4) is 0 Å². The lowest BCUT2D eigenvalue weighted by Gasteiger charge is -2.10. The summed E-state index contributed by atoms with van der Waals surface area (Å²) in [5, 5.41) is 5.52. The van der Waals surface area contributed by atoms with Crippen LogP contribution in [0.5, 0.6) is 0 Å². The third kappa shape index (κ3) is 2.96. The highest BCUT2D eigenvalue weighted by molar-refractivity contribution is 6.31. The first-order chi connectivity index (χ1) is 9.06. The molecule has 0 radical (unpaired) electrons. The lowest BCUT2D eigenvalue weighted by atomic mass is 10.1. The Morgan fingerprint density at radius 2 is 2.11 bits per heavy atom. The molecular formula is C13H17Cl2N3O. The molecule has 0 aromatic carbocycles. The summed E-state index contributed by atoms with van der Waals surface area (Å²) in [5.41, 5.74) is 7.98. The van der Waals surface area contributed by atoms with E-state index in [0.29, 0.717) is 22.4 Å². The zero-order valence-electron chi connectivity index (χ0n) is 11.0. The lowest BCUT2D eigenvalue weighted by Crippen LogP contribution is -2.15. The SMILES string of the molecule is CCc1nn(CC)c(CC(N)c2ccc(Cl)o2)c1Cl. The van der Waals surface area contributed by atoms with Crippen molar-refractivity contribution in [2.45, 2.75) is 39.3 Å². The van der Waals surface area contributed by atoms with Gasteiger partial charge in [-0.1, -0.05) is 18.5 Å². The van der Waals surface area contributed by atoms with Gasteiger partial charge in [0, 0.05) is 13.0 Å². The summed E-state index contributed by atoms with van der Waals surface area (Å²) in [4.78, 5) is 0. The molecule has 0 fully saturated rings. The molecular weight excluding hydrogens is 285 g/mol. The van der Waals surface area contributed by atoms with Gasteiger partial charge in [-0.15, -0.1) is 0 Å². The first-order valence-corrected chi connectivity index (χ1v) is 7.07. The van der Waals surface area contributed by atoms with Crippen LogP contribution in [0, 0.1) is 0 Å². The number of rotatable bonds is 5. The topological polar surface area (TPSA) is 57.0 Å². The van der Waals surface area contributed by atoms with Crippen molar-refractivity contribution >= 4 is 23.2 Å². The fraction of sp³-hybridized carbons (Fsp3) is 0.462. The second-order valence-electron chi connectivity index (χ2n) is 4.33. The second kappa shape index (κ2) is 5.99. The van der Waals surface area contributed by atoms with E-state index in [-0.39, 0.29) is 6.04 Å². The Balaban J connectivity index is 2.25. The van der Waals surface area contributed by atoms with Gasteiger partial charge in [0.1, 0.15) is 5.76 Å². The Morgan fingerprint density at radius 3 is 2.63 bits per heavy atom. The number of nitrogens with zero attached hydrogens (tertiary/aromatic N) is 2. The van der Waals surface area contributed by atoms with Crippen LogP contribution >= 0.6 is 23.2 Å². The van der Waals surface area contributed by atoms with Crippen LogP contribution in [0.2, 0.25) is 10.2 Å². The van der Waals surface area contributed by atoms with Crippen LogP contribution in [0.25, 0.3) is 0 Å². The molecule has 0 aliphatic carbocycles. The van der Waals surface area contributed by atoms with Crippen molar-refractivity contribution in [1.82, 2.24) is 9.78 Å². The molecule has 1 atom stereocenters. The number of aryl methyl sites for hydroxylation is 2. The number of furan rings is 1. The normalized spacial score (nSPS) is 12.9. The highest BCUT2D eigenvalue weighted by atomic mass is 35.5. The van der Waals surface area contributed by atoms with Crippen LogP contribution in [0.15, 0.2) is 16.5 Å². The summed E-state index contributed by atoms with van der Waals surface area (Å²) in [6.45, 7) is 4.83. The van der Waals surface area contributed by atoms with E-state index in [9.17, 15) is 0 Å². The van der Waals surface area contributed by atoms with Crippen LogP contribution in [0.4, 0.5) is 0 Å². The van der Waals surface area contributed by atoms with Crippen molar-refractivity contribution in [2.75, 3.05) is 0 Å². The minimum Gasteiger partial charge on any atom is -0.448 e. The minimum atomic E-state index is -0.281. The highest BCUT2D eigenvalue weighted by Crippen LogP contribution is 2.27. The molecule has 0 spiro atoms. The average molecular weight is 302 g/mol. The third-order valence-corrected chi connectivity index (χ3v) is 3.71. The van der Waals surface area contributed by atoms with Gasteiger partial charge in [0.25, 0.3) is 0 Å². The largest absolute Gasteiger partial charge is 0.448 e. The number of nitrogens with two attached hydrogens (primary N) is 1. The fourth-order valence-corrected chi connectivity index (χ4v) is 2.55. The Morgan fingerprint density at radius 1 is 1.37 bits per heavy atom. The van der Waals surface area contributed by atoms with Crippen LogP contribution in [-0.4, -0.2) is 9.78 Å². The maximum absolute atomic E-state index is 6.35. The molecule has 0 saturated carbocycles. The van der Waals surface area contributed by atoms with E-state index in [1.54, 1.807) is 12.1 Å². The van der Waals surface area contributed by atoms with Crippen LogP contribution in [-0.2, 0) is 19.4 Å². The van der Waals surface area contributed by atoms with Gasteiger partial charge in [0.15, 0.2) is 5.22 Å². The van der Waals surface area contributed by atoms with E-state index >= 15 is 0 Å². The van der Waals surface area contributed by atoms with E-state index in [0.717, 1.165) is 24.4 Å². The first kappa shape index (κ1) is 14.4. The third-order valence-electron chi connectivity index (χ3n) is 3.07. The maximum Gasteiger partial charge on any atom is 0.193 e. The Labute approximate surface area is 122 Å². The van der Waals surface area contributed by atoms with E-state index in [1.165, 1.54) is 0 Å². The van der Waals surface area contributed by atoms with Crippen LogP contribution in [0.1, 0.15) is 37.0 Å². The fourth-order valence-electron chi connectivity index (χ4n) is 2.05. The van der Waals surface area contributed by atoms with Gasteiger partial charge in [0.05, 0.1) is 22.5 Å². The molecule has 2 N–H and O–H groups in total. The smallest absolute Gasteiger partial charge is 0.193 e. The van der Waals surface area contributed by atoms with Crippen molar-refractivity contribution < 1.29 is 4.42 Å². The van der Waals surface area contributed by atoms with E-state index in [2.05, 4.69) is 5.10 Å². The van der Waals surface area contributed by atoms with E-state index < -0.39 is 0 Å². The summed E-state index contributed by atoms with van der Waals surface area (Å²) in [6, 6.07) is 3.19. The monoisotopic (exact) mass is 301 g/mol. The standard InChI is InChI=1S/C13H17Cl2N3O/c1-3-9-13(15)10(18(4-2)17-9)7-8(16)11-5-6-12(14)19-11/h5-6,8H,3-4,7,16H2,1-2H3. The van der Waals surface area contributed by atoms with Gasteiger partial charge < -0.3 is 10.2 Å². The molecule has 19 heavy (non-hydrogen) atoms. The molecule has 2 rings (SSSR count). The van der Waals surface area contributed by atoms with Crippen molar-refractivity contribution in [3.63, 3.8) is 0 Å². The van der Waals surface area contributed by atoms with Crippen molar-refractivity contribution in [3.05, 3.63) is 39.5 Å². The predicted molar refractivity (Wildman–Crippen MR) is 76.6 cm³/mol. The Bertz CT molecular complexity index is 562. The quantitative estimate of drug-likeness (QED) is 0.918. The van der Waals surface area contributed by atoms with Gasteiger partial charge >= 0.3 is 0 Å². The zero-order chi connectivity index (χ0) is 14.0. The predicted octanol–water partition coefficient (Wildman–Crippen LogP) is 3.61. The molecule has 0 aliphatic heterocycles. The Kier molecular flexibility index (Phi) is 4.55. The molecule has 104 valence electrons. The summed E-state index contributed by atoms with van der Waals surface area (Å²) in [7, 11) is 0. The molecule has 2 aromatic rings. The summed E-state index contributed by atoms with van der Waals surface area (Å²) in [5.74, 6) is 0.656. The maximum atomic E-state index is 6.35. The minimum absolute atomic E-state index is 0.281. The van der Waals surface area contributed by atoms with Crippen LogP contribution in [0.3, 0.4) is 0 Å². The molecule has 6 heteroatoms. The lowest BCUT2D eigenvalue weighted by molar-refractivity contribution is 0.458. The molecule has 0 amide bonds. The summed E-state index contributed by atoms with van der Waals surface area (Å²) < 4.78 is 7.23. The average Bonchev–Trinajstić information content (AvgIpc) is 2.95. The number of hydrogen-bond donors (Lipinski definition) is 1. The Hall–Kier alpha value is -0.970. The van der Waals surface area contributed by atoms with E-state index in [4.69, 9.17) is 33.4 Å². The molecule has 0 aliphatic rings. The molecule has 0 saturated heterocycles. The van der Waals surface area contributed by atoms with Gasteiger partial charge in [-0.25, -0.2) is 0 Å². The van der Waals surface area contributed by atoms with E-state index in [1.807, 2.05) is 18.5 Å². The summed E-state index contributed by atoms with van der Waals surface area (Å²) in [6.07, 6.45) is 1.38. The number of halogens is 2. The molecule has 0 bridgehead atoms. The second-order valence-corrected chi connectivity index (χ2v) is 5.08. The zero-order valence-corrected chi connectivity index (χ0v) is 12.5. The molecule has 2 aromatic heterocycles. The molecule has 4 nitrogen and oxygen atoms in total. The first-order valence-electron chi connectivity index (χ1n) is 6.31. The highest BCUT2D eigenvalue weighted by Gasteiger charge is 2.19. The van der Waals surface area contributed by atoms with Crippen molar-refractivity contribution in [1.29, 1.82) is 0 Å².